The largest absolute Gasteiger partial charge is 0.573 e. The highest BCUT2D eigenvalue weighted by Crippen LogP contribution is 2.31. The van der Waals surface area contributed by atoms with Gasteiger partial charge in [-0.3, -0.25) is 4.79 Å². The summed E-state index contributed by atoms with van der Waals surface area (Å²) in [5.74, 6) is -0.549. The molecule has 3 aromatic rings. The van der Waals surface area contributed by atoms with Crippen molar-refractivity contribution in [3.63, 3.8) is 0 Å². The minimum Gasteiger partial charge on any atom is -0.406 e. The Kier molecular flexibility index (Phi) is 5.06. The lowest BCUT2D eigenvalue weighted by Crippen LogP contribution is -2.45. The van der Waals surface area contributed by atoms with Crippen molar-refractivity contribution in [2.75, 3.05) is 0 Å². The van der Waals surface area contributed by atoms with E-state index in [1.807, 2.05) is 35.3 Å². The van der Waals surface area contributed by atoms with Gasteiger partial charge in [-0.25, -0.2) is 0 Å². The van der Waals surface area contributed by atoms with Gasteiger partial charge in [0.05, 0.1) is 10.9 Å². The van der Waals surface area contributed by atoms with Gasteiger partial charge in [0.15, 0.2) is 12.4 Å². The van der Waals surface area contributed by atoms with Crippen LogP contribution in [-0.2, 0) is 13.0 Å². The monoisotopic (exact) mass is 403 g/mol. The highest BCUT2D eigenvalue weighted by Gasteiger charge is 2.36. The molecule has 7 heteroatoms. The summed E-state index contributed by atoms with van der Waals surface area (Å²) >= 11 is 0. The number of pyridine rings is 1. The van der Waals surface area contributed by atoms with E-state index in [-0.39, 0.29) is 11.5 Å². The van der Waals surface area contributed by atoms with Gasteiger partial charge in [0.25, 0.3) is 0 Å². The van der Waals surface area contributed by atoms with Crippen molar-refractivity contribution in [2.24, 2.45) is 0 Å². The number of carbonyl (C=O) groups excluding carboxylic acids is 1. The molecule has 0 bridgehead atoms. The molecule has 4 nitrogen and oxygen atoms in total. The van der Waals surface area contributed by atoms with E-state index >= 15 is 0 Å². The Labute approximate surface area is 166 Å². The van der Waals surface area contributed by atoms with Gasteiger partial charge in [-0.05, 0) is 36.6 Å². The van der Waals surface area contributed by atoms with Crippen LogP contribution in [0.5, 0.6) is 5.75 Å². The van der Waals surface area contributed by atoms with Crippen molar-refractivity contribution < 1.29 is 27.3 Å². The maximum Gasteiger partial charge on any atom is 0.573 e. The van der Waals surface area contributed by atoms with E-state index in [4.69, 9.17) is 0 Å². The second-order valence-corrected chi connectivity index (χ2v) is 7.38. The summed E-state index contributed by atoms with van der Waals surface area (Å²) in [5.41, 5.74) is 2.17. The van der Waals surface area contributed by atoms with E-state index in [1.165, 1.54) is 12.1 Å². The van der Waals surface area contributed by atoms with Crippen molar-refractivity contribution in [1.82, 2.24) is 4.57 Å². The highest BCUT2D eigenvalue weighted by molar-refractivity contribution is 6.00. The number of Topliss-reactive ketones (excluding diaryl/α,β-unsaturated/α-hetero) is 1. The van der Waals surface area contributed by atoms with Gasteiger partial charge in [-0.1, -0.05) is 19.4 Å². The number of nitrogens with zero attached hydrogens (tertiary/aromatic N) is 2. The van der Waals surface area contributed by atoms with Crippen LogP contribution >= 0.6 is 0 Å². The number of hydrogen-bond acceptors (Lipinski definition) is 2. The molecule has 0 radical (unpaired) electrons. The Morgan fingerprint density at radius 1 is 1.24 bits per heavy atom. The second kappa shape index (κ2) is 7.54. The van der Waals surface area contributed by atoms with Gasteiger partial charge in [-0.2, -0.15) is 4.57 Å². The molecule has 0 fully saturated rings. The third-order valence-corrected chi connectivity index (χ3v) is 5.41. The van der Waals surface area contributed by atoms with Crippen LogP contribution in [0.1, 0.15) is 48.1 Å². The van der Waals surface area contributed by atoms with E-state index in [0.717, 1.165) is 35.9 Å². The molecule has 0 amide bonds. The second-order valence-electron chi connectivity index (χ2n) is 7.38. The molecule has 1 unspecified atom stereocenters. The lowest BCUT2D eigenvalue weighted by atomic mass is 9.86. The van der Waals surface area contributed by atoms with Gasteiger partial charge >= 0.3 is 6.36 Å². The van der Waals surface area contributed by atoms with Gasteiger partial charge in [-0.15, -0.1) is 13.2 Å². The Bertz CT molecular complexity index is 1060. The molecular formula is C22H22F3N2O2+. The average molecular weight is 403 g/mol. The number of halogens is 3. The summed E-state index contributed by atoms with van der Waals surface area (Å²) in [6.45, 7) is 3.10. The van der Waals surface area contributed by atoms with Crippen molar-refractivity contribution in [3.8, 4) is 5.75 Å². The summed E-state index contributed by atoms with van der Waals surface area (Å²) < 4.78 is 45.6. The van der Waals surface area contributed by atoms with Crippen molar-refractivity contribution in [3.05, 3.63) is 60.0 Å². The first-order valence-electron chi connectivity index (χ1n) is 9.78. The number of unbranched alkanes of at least 4 members (excludes halogenated alkanes) is 1. The van der Waals surface area contributed by atoms with Crippen LogP contribution in [0.25, 0.3) is 10.9 Å². The van der Waals surface area contributed by atoms with Crippen molar-refractivity contribution in [1.29, 1.82) is 0 Å². The van der Waals surface area contributed by atoms with Gasteiger partial charge < -0.3 is 9.30 Å². The van der Waals surface area contributed by atoms with Gasteiger partial charge in [0.1, 0.15) is 5.75 Å². The number of ether oxygens (including phenoxy) is 1. The first kappa shape index (κ1) is 19.5. The topological polar surface area (TPSA) is 35.1 Å². The van der Waals surface area contributed by atoms with Gasteiger partial charge in [0, 0.05) is 30.8 Å². The van der Waals surface area contributed by atoms with Crippen LogP contribution in [0.3, 0.4) is 0 Å². The van der Waals surface area contributed by atoms with E-state index in [9.17, 15) is 18.0 Å². The van der Waals surface area contributed by atoms with Crippen LogP contribution in [0.15, 0.2) is 48.9 Å². The molecule has 0 spiro atoms. The SMILES string of the molecule is CCCCn1ccc2c[n+](C3CCc4ccc(OC(F)(F)F)cc4C3=O)ccc21. The molecule has 0 N–H and O–H groups in total. The quantitative estimate of drug-likeness (QED) is 0.562. The molecule has 1 aromatic carbocycles. The fourth-order valence-corrected chi connectivity index (χ4v) is 3.97. The molecule has 0 saturated heterocycles. The number of aromatic nitrogens is 2. The zero-order valence-electron chi connectivity index (χ0n) is 16.1. The number of alkyl halides is 3. The Balaban J connectivity index is 1.62. The molecule has 2 aromatic heterocycles. The maximum atomic E-state index is 13.1. The zero-order chi connectivity index (χ0) is 20.6. The number of benzene rings is 1. The average Bonchev–Trinajstić information content (AvgIpc) is 3.08. The number of ketones is 1. The minimum absolute atomic E-state index is 0.186. The predicted molar refractivity (Wildman–Crippen MR) is 102 cm³/mol. The fraction of sp³-hybridized carbons (Fsp3) is 0.364. The standard InChI is InChI=1S/C22H22F3N2O2/c1-2-3-10-26-11-8-16-14-27(12-9-19(16)26)20-7-5-15-4-6-17(29-22(23,24)25)13-18(15)21(20)28/h4,6,8-9,11-14,20H,2-3,5,7,10H2,1H3/q+1. The number of rotatable bonds is 5. The number of fused-ring (bicyclic) bond motifs is 2. The van der Waals surface area contributed by atoms with Crippen LogP contribution in [0, 0.1) is 0 Å². The summed E-state index contributed by atoms with van der Waals surface area (Å²) in [6.07, 6.45) is 4.54. The van der Waals surface area contributed by atoms with Crippen molar-refractivity contribution in [2.45, 2.75) is 51.6 Å². The fourth-order valence-electron chi connectivity index (χ4n) is 3.97. The molecule has 4 rings (SSSR count). The van der Waals surface area contributed by atoms with Crippen LogP contribution in [0.4, 0.5) is 13.2 Å². The van der Waals surface area contributed by atoms with Crippen molar-refractivity contribution >= 4 is 16.7 Å². The first-order chi connectivity index (χ1) is 13.9. The zero-order valence-corrected chi connectivity index (χ0v) is 16.1. The molecule has 1 aliphatic rings. The molecule has 152 valence electrons. The normalized spacial score (nSPS) is 16.8. The van der Waals surface area contributed by atoms with Crippen LogP contribution in [-0.4, -0.2) is 16.7 Å². The Hall–Kier alpha value is -2.83. The summed E-state index contributed by atoms with van der Waals surface area (Å²) in [5, 5.41) is 1.04. The molecule has 0 saturated carbocycles. The number of hydrogen-bond donors (Lipinski definition) is 0. The molecule has 2 heterocycles. The third kappa shape index (κ3) is 3.99. The summed E-state index contributed by atoms with van der Waals surface area (Å²) in [7, 11) is 0. The van der Waals surface area contributed by atoms with Gasteiger partial charge in [0.2, 0.25) is 11.8 Å². The Morgan fingerprint density at radius 2 is 2.07 bits per heavy atom. The van der Waals surface area contributed by atoms with E-state index in [2.05, 4.69) is 16.2 Å². The minimum atomic E-state index is -4.78. The molecule has 0 aliphatic heterocycles. The molecular weight excluding hydrogens is 381 g/mol. The highest BCUT2D eigenvalue weighted by atomic mass is 19.4. The first-order valence-corrected chi connectivity index (χ1v) is 9.78. The smallest absolute Gasteiger partial charge is 0.406 e. The lowest BCUT2D eigenvalue weighted by molar-refractivity contribution is -0.707. The maximum absolute atomic E-state index is 13.1. The number of carbonyl (C=O) groups is 1. The van der Waals surface area contributed by atoms with E-state index in [0.29, 0.717) is 18.4 Å². The predicted octanol–water partition coefficient (Wildman–Crippen LogP) is 5.00. The lowest BCUT2D eigenvalue weighted by Gasteiger charge is -2.21. The third-order valence-electron chi connectivity index (χ3n) is 5.41. The van der Waals surface area contributed by atoms with Crippen LogP contribution in [0.2, 0.25) is 0 Å². The van der Waals surface area contributed by atoms with E-state index < -0.39 is 12.4 Å². The molecule has 1 aliphatic carbocycles. The Morgan fingerprint density at radius 3 is 2.83 bits per heavy atom. The molecule has 1 atom stereocenters. The number of aryl methyl sites for hydroxylation is 2. The summed E-state index contributed by atoms with van der Waals surface area (Å²) in [6, 6.07) is 7.60. The molecule has 29 heavy (non-hydrogen) atoms. The van der Waals surface area contributed by atoms with E-state index in [1.54, 1.807) is 6.07 Å². The summed E-state index contributed by atoms with van der Waals surface area (Å²) in [4.78, 5) is 13.1. The van der Waals surface area contributed by atoms with Crippen LogP contribution < -0.4 is 9.30 Å².